The zero-order chi connectivity index (χ0) is 23.6. The number of nitrogens with zero attached hydrogens (tertiary/aromatic N) is 4. The van der Waals surface area contributed by atoms with Gasteiger partial charge in [-0.2, -0.15) is 0 Å². The van der Waals surface area contributed by atoms with Crippen molar-refractivity contribution in [3.05, 3.63) is 78.4 Å². The summed E-state index contributed by atoms with van der Waals surface area (Å²) in [6.07, 6.45) is 0.813. The molecule has 2 fully saturated rings. The molecule has 2 aromatic heterocycles. The van der Waals surface area contributed by atoms with E-state index in [0.29, 0.717) is 29.8 Å². The minimum atomic E-state index is -1.17. The van der Waals surface area contributed by atoms with Gasteiger partial charge in [0.1, 0.15) is 18.5 Å². The summed E-state index contributed by atoms with van der Waals surface area (Å²) in [5, 5.41) is 13.1. The third kappa shape index (κ3) is 3.22. The van der Waals surface area contributed by atoms with Gasteiger partial charge in [0, 0.05) is 18.5 Å². The summed E-state index contributed by atoms with van der Waals surface area (Å²) in [7, 11) is 0. The first kappa shape index (κ1) is 20.5. The van der Waals surface area contributed by atoms with E-state index in [9.17, 15) is 9.90 Å². The highest BCUT2D eigenvalue weighted by atomic mass is 16.8. The van der Waals surface area contributed by atoms with E-state index >= 15 is 0 Å². The van der Waals surface area contributed by atoms with Crippen LogP contribution in [0.15, 0.2) is 67.3 Å². The van der Waals surface area contributed by atoms with Gasteiger partial charge in [-0.15, -0.1) is 0 Å². The zero-order valence-electron chi connectivity index (χ0n) is 18.4. The SMILES string of the molecule is O=C(O)[C@H]1O[C@@H](n2cnc3c(Nc4ccccc4)ncnc32)[C@@H]2OC3(Cc4ccccc4C3)O[C@@H]21. The molecule has 2 aromatic carbocycles. The maximum Gasteiger partial charge on any atom is 0.335 e. The molecule has 4 atom stereocenters. The smallest absolute Gasteiger partial charge is 0.335 e. The van der Waals surface area contributed by atoms with E-state index in [2.05, 4.69) is 32.4 Å². The normalized spacial score (nSPS) is 26.2. The van der Waals surface area contributed by atoms with Crippen LogP contribution < -0.4 is 5.32 Å². The summed E-state index contributed by atoms with van der Waals surface area (Å²) in [5.41, 5.74) is 4.20. The summed E-state index contributed by atoms with van der Waals surface area (Å²) < 4.78 is 20.5. The highest BCUT2D eigenvalue weighted by molar-refractivity contribution is 5.85. The van der Waals surface area contributed by atoms with Gasteiger partial charge in [-0.25, -0.2) is 19.7 Å². The second-order valence-electron chi connectivity index (χ2n) is 9.02. The van der Waals surface area contributed by atoms with E-state index in [1.165, 1.54) is 6.33 Å². The molecule has 35 heavy (non-hydrogen) atoms. The number of imidazole rings is 1. The van der Waals surface area contributed by atoms with Gasteiger partial charge < -0.3 is 24.6 Å². The maximum absolute atomic E-state index is 12.1. The topological polar surface area (TPSA) is 121 Å². The van der Waals surface area contributed by atoms with Crippen LogP contribution in [0.1, 0.15) is 17.4 Å². The first-order chi connectivity index (χ1) is 17.1. The molecule has 1 aliphatic carbocycles. The molecule has 4 aromatic rings. The fourth-order valence-corrected chi connectivity index (χ4v) is 5.34. The van der Waals surface area contributed by atoms with Gasteiger partial charge in [-0.3, -0.25) is 4.57 Å². The number of rotatable bonds is 4. The minimum absolute atomic E-state index is 0.507. The lowest BCUT2D eigenvalue weighted by atomic mass is 10.1. The second kappa shape index (κ2) is 7.57. The third-order valence-electron chi connectivity index (χ3n) is 6.84. The van der Waals surface area contributed by atoms with Crippen molar-refractivity contribution in [2.75, 3.05) is 5.32 Å². The molecule has 2 N–H and O–H groups in total. The quantitative estimate of drug-likeness (QED) is 0.463. The Kier molecular flexibility index (Phi) is 4.44. The number of para-hydroxylation sites is 1. The lowest BCUT2D eigenvalue weighted by Gasteiger charge is -2.26. The van der Waals surface area contributed by atoms with Crippen molar-refractivity contribution in [2.45, 2.75) is 43.2 Å². The predicted molar refractivity (Wildman–Crippen MR) is 123 cm³/mol. The van der Waals surface area contributed by atoms with Crippen LogP contribution in [0.4, 0.5) is 11.5 Å². The summed E-state index contributed by atoms with van der Waals surface area (Å²) in [6.45, 7) is 0. The number of ether oxygens (including phenoxy) is 3. The maximum atomic E-state index is 12.1. The highest BCUT2D eigenvalue weighted by Crippen LogP contribution is 2.48. The Balaban J connectivity index is 1.24. The van der Waals surface area contributed by atoms with Crippen molar-refractivity contribution >= 4 is 28.6 Å². The Bertz CT molecular complexity index is 1420. The molecule has 3 aliphatic rings. The number of hydrogen-bond donors (Lipinski definition) is 2. The molecular formula is C25H21N5O5. The molecule has 7 rings (SSSR count). The first-order valence-electron chi connectivity index (χ1n) is 11.4. The molecule has 0 radical (unpaired) electrons. The van der Waals surface area contributed by atoms with Crippen LogP contribution in [-0.4, -0.2) is 54.7 Å². The van der Waals surface area contributed by atoms with Crippen molar-refractivity contribution in [3.63, 3.8) is 0 Å². The molecule has 0 unspecified atom stereocenters. The van der Waals surface area contributed by atoms with Crippen molar-refractivity contribution in [2.24, 2.45) is 0 Å². The van der Waals surface area contributed by atoms with E-state index in [1.807, 2.05) is 42.5 Å². The molecule has 2 aliphatic heterocycles. The average molecular weight is 471 g/mol. The second-order valence-corrected chi connectivity index (χ2v) is 9.02. The fraction of sp³-hybridized carbons (Fsp3) is 0.280. The summed E-state index contributed by atoms with van der Waals surface area (Å²) in [5.74, 6) is -1.46. The predicted octanol–water partition coefficient (Wildman–Crippen LogP) is 2.83. The molecule has 0 bridgehead atoms. The van der Waals surface area contributed by atoms with Crippen LogP contribution in [-0.2, 0) is 31.8 Å². The summed E-state index contributed by atoms with van der Waals surface area (Å²) in [4.78, 5) is 25.4. The van der Waals surface area contributed by atoms with Crippen molar-refractivity contribution in [3.8, 4) is 0 Å². The van der Waals surface area contributed by atoms with Gasteiger partial charge >= 0.3 is 5.97 Å². The first-order valence-corrected chi connectivity index (χ1v) is 11.4. The summed E-state index contributed by atoms with van der Waals surface area (Å²) >= 11 is 0. The number of carboxylic acid groups (broad SMARTS) is 1. The number of aromatic nitrogens is 4. The number of anilines is 2. The lowest BCUT2D eigenvalue weighted by molar-refractivity contribution is -0.214. The van der Waals surface area contributed by atoms with Gasteiger partial charge in [-0.05, 0) is 23.3 Å². The zero-order valence-corrected chi connectivity index (χ0v) is 18.4. The fourth-order valence-electron chi connectivity index (χ4n) is 5.34. The molecule has 0 amide bonds. The number of benzene rings is 2. The highest BCUT2D eigenvalue weighted by Gasteiger charge is 2.62. The molecular weight excluding hydrogens is 450 g/mol. The van der Waals surface area contributed by atoms with E-state index in [4.69, 9.17) is 14.2 Å². The number of carboxylic acids is 1. The molecule has 176 valence electrons. The van der Waals surface area contributed by atoms with E-state index in [0.717, 1.165) is 16.8 Å². The molecule has 0 saturated carbocycles. The van der Waals surface area contributed by atoms with E-state index < -0.39 is 36.3 Å². The number of aliphatic carboxylic acids is 1. The molecule has 4 heterocycles. The number of nitrogens with one attached hydrogen (secondary N) is 1. The minimum Gasteiger partial charge on any atom is -0.479 e. The summed E-state index contributed by atoms with van der Waals surface area (Å²) in [6, 6.07) is 17.7. The van der Waals surface area contributed by atoms with Crippen LogP contribution in [0.2, 0.25) is 0 Å². The van der Waals surface area contributed by atoms with Crippen molar-refractivity contribution < 1.29 is 24.1 Å². The largest absolute Gasteiger partial charge is 0.479 e. The Labute approximate surface area is 199 Å². The van der Waals surface area contributed by atoms with Crippen LogP contribution >= 0.6 is 0 Å². The number of hydrogen-bond acceptors (Lipinski definition) is 8. The van der Waals surface area contributed by atoms with Crippen LogP contribution in [0.25, 0.3) is 11.2 Å². The Morgan fingerprint density at radius 3 is 2.43 bits per heavy atom. The number of fused-ring (bicyclic) bond motifs is 3. The third-order valence-corrected chi connectivity index (χ3v) is 6.84. The van der Waals surface area contributed by atoms with E-state index in [-0.39, 0.29) is 0 Å². The Hall–Kier alpha value is -3.86. The molecule has 1 spiro atoms. The number of carbonyl (C=O) groups is 1. The van der Waals surface area contributed by atoms with Gasteiger partial charge in [0.2, 0.25) is 0 Å². The molecule has 10 heteroatoms. The van der Waals surface area contributed by atoms with Gasteiger partial charge in [0.05, 0.1) is 6.33 Å². The van der Waals surface area contributed by atoms with Crippen molar-refractivity contribution in [1.29, 1.82) is 0 Å². The van der Waals surface area contributed by atoms with E-state index in [1.54, 1.807) is 10.9 Å². The Morgan fingerprint density at radius 2 is 1.69 bits per heavy atom. The van der Waals surface area contributed by atoms with Crippen LogP contribution in [0.3, 0.4) is 0 Å². The van der Waals surface area contributed by atoms with Gasteiger partial charge in [0.15, 0.2) is 35.1 Å². The van der Waals surface area contributed by atoms with Crippen LogP contribution in [0, 0.1) is 0 Å². The average Bonchev–Trinajstić information content (AvgIpc) is 3.61. The van der Waals surface area contributed by atoms with Gasteiger partial charge in [0.25, 0.3) is 0 Å². The lowest BCUT2D eigenvalue weighted by Crippen LogP contribution is -2.38. The monoisotopic (exact) mass is 471 g/mol. The van der Waals surface area contributed by atoms with Crippen molar-refractivity contribution in [1.82, 2.24) is 19.5 Å². The van der Waals surface area contributed by atoms with Gasteiger partial charge in [-0.1, -0.05) is 42.5 Å². The van der Waals surface area contributed by atoms with Crippen LogP contribution in [0.5, 0.6) is 0 Å². The molecule has 2 saturated heterocycles. The molecule has 10 nitrogen and oxygen atoms in total. The standard InChI is InChI=1S/C25H21N5O5/c31-24(32)20-18-19(35-25(34-18)10-14-6-4-5-7-15(14)11-25)23(33-20)30-13-28-17-21(26-12-27-22(17)30)29-16-8-2-1-3-9-16/h1-9,12-13,18-20,23H,10-11H2,(H,31,32)(H,26,27,29)/t18-,19+,20-,23+/m0/s1. The Morgan fingerprint density at radius 1 is 0.971 bits per heavy atom.